The second-order valence-corrected chi connectivity index (χ2v) is 17.3. The fourth-order valence-electron chi connectivity index (χ4n) is 7.56. The molecule has 298 valence electrons. The Morgan fingerprint density at radius 1 is 0.842 bits per heavy atom. The highest BCUT2D eigenvalue weighted by atomic mass is 32.2. The Kier molecular flexibility index (Phi) is 13.4. The molecule has 0 saturated heterocycles. The standard InChI is InChI=1S/C41H44N6O8S2/c42-46-43-23-24-47(32-21-17-29(18-22-32)41(52)53)57(54,55)33-8-4-7-30(25-33)37(48)45-39-36(34-9-1-2-10-35(34)56-39)38(49)44-31-19-13-27(14-20-31)6-3-5-26-11-15-28(16-12-26)40(50)51/h4,7-8,11-16,19-20,25,29,32H,1-3,5-6,9-10,17-18,21-24H2,(H,44,49)(H,45,48)(H,50,51)(H,52,53)/t29-,32-. The van der Waals surface area contributed by atoms with Crippen LogP contribution in [0.5, 0.6) is 0 Å². The second kappa shape index (κ2) is 18.6. The van der Waals surface area contributed by atoms with Crippen LogP contribution in [0.1, 0.15) is 97.6 Å². The molecule has 2 aliphatic carbocycles. The van der Waals surface area contributed by atoms with Gasteiger partial charge in [0.15, 0.2) is 0 Å². The monoisotopic (exact) mass is 812 g/mol. The molecule has 0 radical (unpaired) electrons. The van der Waals surface area contributed by atoms with E-state index in [1.165, 1.54) is 39.9 Å². The number of carboxylic acids is 2. The molecule has 0 atom stereocenters. The second-order valence-electron chi connectivity index (χ2n) is 14.3. The normalized spacial score (nSPS) is 16.6. The lowest BCUT2D eigenvalue weighted by molar-refractivity contribution is -0.143. The van der Waals surface area contributed by atoms with Crippen LogP contribution in [-0.2, 0) is 40.5 Å². The Morgan fingerprint density at radius 2 is 1.51 bits per heavy atom. The summed E-state index contributed by atoms with van der Waals surface area (Å²) in [5.41, 5.74) is 13.2. The van der Waals surface area contributed by atoms with Crippen molar-refractivity contribution in [3.05, 3.63) is 121 Å². The smallest absolute Gasteiger partial charge is 0.335 e. The number of amides is 2. The van der Waals surface area contributed by atoms with Crippen molar-refractivity contribution in [2.45, 2.75) is 81.6 Å². The minimum Gasteiger partial charge on any atom is -0.481 e. The van der Waals surface area contributed by atoms with Crippen molar-refractivity contribution in [3.63, 3.8) is 0 Å². The molecule has 1 heterocycles. The van der Waals surface area contributed by atoms with Crippen LogP contribution >= 0.6 is 11.3 Å². The van der Waals surface area contributed by atoms with E-state index in [1.54, 1.807) is 12.1 Å². The predicted molar refractivity (Wildman–Crippen MR) is 216 cm³/mol. The molecule has 2 aliphatic rings. The number of hydrogen-bond acceptors (Lipinski definition) is 8. The van der Waals surface area contributed by atoms with Gasteiger partial charge in [0.05, 0.1) is 21.9 Å². The summed E-state index contributed by atoms with van der Waals surface area (Å²) in [6.07, 6.45) is 7.10. The number of carbonyl (C=O) groups is 4. The highest BCUT2D eigenvalue weighted by Gasteiger charge is 2.36. The predicted octanol–water partition coefficient (Wildman–Crippen LogP) is 7.95. The fourth-order valence-corrected chi connectivity index (χ4v) is 10.6. The fraction of sp³-hybridized carbons (Fsp3) is 0.366. The number of anilines is 2. The number of rotatable bonds is 16. The summed E-state index contributed by atoms with van der Waals surface area (Å²) in [4.78, 5) is 54.0. The SMILES string of the molecule is [N-]=[N+]=NCCN([C@H]1CC[C@H](C(=O)O)CC1)S(=O)(=O)c1cccc(C(=O)Nc2sc3c(c2C(=O)Nc2ccc(CCCc4ccc(C(=O)O)cc4)cc2)CCCC3)c1. The van der Waals surface area contributed by atoms with Crippen molar-refractivity contribution >= 4 is 55.8 Å². The Balaban J connectivity index is 1.14. The molecule has 2 amide bonds. The van der Waals surface area contributed by atoms with Crippen molar-refractivity contribution in [3.8, 4) is 0 Å². The van der Waals surface area contributed by atoms with E-state index in [0.717, 1.165) is 60.1 Å². The van der Waals surface area contributed by atoms with Crippen LogP contribution in [0.25, 0.3) is 10.4 Å². The highest BCUT2D eigenvalue weighted by molar-refractivity contribution is 7.89. The number of aromatic carboxylic acids is 1. The molecule has 16 heteroatoms. The molecule has 0 bridgehead atoms. The number of carbonyl (C=O) groups excluding carboxylic acids is 2. The van der Waals surface area contributed by atoms with Crippen molar-refractivity contribution < 1.29 is 37.8 Å². The molecular formula is C41H44N6O8S2. The number of nitrogens with one attached hydrogen (secondary N) is 2. The number of benzene rings is 3. The number of hydrogen-bond donors (Lipinski definition) is 4. The first-order valence-corrected chi connectivity index (χ1v) is 21.2. The summed E-state index contributed by atoms with van der Waals surface area (Å²) in [5, 5.41) is 28.4. The lowest BCUT2D eigenvalue weighted by Crippen LogP contribution is -2.44. The van der Waals surface area contributed by atoms with Crippen LogP contribution in [0.2, 0.25) is 0 Å². The molecule has 1 fully saturated rings. The molecule has 6 rings (SSSR count). The summed E-state index contributed by atoms with van der Waals surface area (Å²) in [7, 11) is -4.19. The third kappa shape index (κ3) is 10.1. The number of fused-ring (bicyclic) bond motifs is 1. The van der Waals surface area contributed by atoms with E-state index in [9.17, 15) is 32.7 Å². The Labute approximate surface area is 334 Å². The molecule has 4 aromatic rings. The van der Waals surface area contributed by atoms with Gasteiger partial charge >= 0.3 is 11.9 Å². The van der Waals surface area contributed by atoms with Crippen LogP contribution in [0.4, 0.5) is 10.7 Å². The number of azide groups is 1. The molecule has 57 heavy (non-hydrogen) atoms. The van der Waals surface area contributed by atoms with E-state index in [2.05, 4.69) is 20.7 Å². The van der Waals surface area contributed by atoms with Crippen LogP contribution < -0.4 is 10.6 Å². The van der Waals surface area contributed by atoms with Gasteiger partial charge < -0.3 is 20.8 Å². The van der Waals surface area contributed by atoms with Gasteiger partial charge in [0.2, 0.25) is 10.0 Å². The van der Waals surface area contributed by atoms with E-state index in [-0.39, 0.29) is 35.0 Å². The van der Waals surface area contributed by atoms with Gasteiger partial charge in [-0.05, 0) is 135 Å². The lowest BCUT2D eigenvalue weighted by Gasteiger charge is -2.35. The minimum atomic E-state index is -4.19. The number of sulfonamides is 1. The minimum absolute atomic E-state index is 0.0752. The Hall–Kier alpha value is -5.54. The zero-order valence-electron chi connectivity index (χ0n) is 31.2. The number of aliphatic carboxylic acids is 1. The molecule has 1 aromatic heterocycles. The van der Waals surface area contributed by atoms with Crippen LogP contribution in [0.3, 0.4) is 0 Å². The number of thiophene rings is 1. The third-order valence-corrected chi connectivity index (χ3v) is 13.8. The molecule has 1 saturated carbocycles. The van der Waals surface area contributed by atoms with E-state index in [4.69, 9.17) is 10.6 Å². The zero-order chi connectivity index (χ0) is 40.5. The maximum Gasteiger partial charge on any atom is 0.335 e. The average Bonchev–Trinajstić information content (AvgIpc) is 3.58. The van der Waals surface area contributed by atoms with Gasteiger partial charge in [0.25, 0.3) is 11.8 Å². The summed E-state index contributed by atoms with van der Waals surface area (Å²) < 4.78 is 29.4. The van der Waals surface area contributed by atoms with Crippen LogP contribution in [0.15, 0.2) is 82.8 Å². The van der Waals surface area contributed by atoms with Gasteiger partial charge in [-0.2, -0.15) is 4.31 Å². The van der Waals surface area contributed by atoms with Gasteiger partial charge in [-0.3, -0.25) is 14.4 Å². The van der Waals surface area contributed by atoms with E-state index in [0.29, 0.717) is 48.4 Å². The third-order valence-electron chi connectivity index (χ3n) is 10.6. The van der Waals surface area contributed by atoms with Crippen LogP contribution in [-0.4, -0.2) is 65.8 Å². The van der Waals surface area contributed by atoms with Gasteiger partial charge in [-0.25, -0.2) is 13.2 Å². The molecule has 4 N–H and O–H groups in total. The van der Waals surface area contributed by atoms with Gasteiger partial charge in [0.1, 0.15) is 5.00 Å². The van der Waals surface area contributed by atoms with Gasteiger partial charge in [0, 0.05) is 40.2 Å². The topological polar surface area (TPSA) is 219 Å². The maximum atomic E-state index is 14.1. The number of nitrogens with zero attached hydrogens (tertiary/aromatic N) is 4. The molecule has 0 unspecified atom stereocenters. The van der Waals surface area contributed by atoms with Crippen molar-refractivity contribution in [2.24, 2.45) is 11.0 Å². The average molecular weight is 813 g/mol. The van der Waals surface area contributed by atoms with E-state index in [1.807, 2.05) is 36.4 Å². The van der Waals surface area contributed by atoms with Crippen molar-refractivity contribution in [1.82, 2.24) is 4.31 Å². The molecule has 14 nitrogen and oxygen atoms in total. The van der Waals surface area contributed by atoms with E-state index >= 15 is 0 Å². The molecular weight excluding hydrogens is 769 g/mol. The molecule has 0 spiro atoms. The first-order valence-electron chi connectivity index (χ1n) is 19.0. The summed E-state index contributed by atoms with van der Waals surface area (Å²) in [6, 6.07) is 19.6. The van der Waals surface area contributed by atoms with Crippen LogP contribution in [0, 0.1) is 5.92 Å². The number of aryl methyl sites for hydroxylation is 3. The van der Waals surface area contributed by atoms with Gasteiger partial charge in [-0.15, -0.1) is 11.3 Å². The largest absolute Gasteiger partial charge is 0.481 e. The van der Waals surface area contributed by atoms with E-state index < -0.39 is 39.8 Å². The highest BCUT2D eigenvalue weighted by Crippen LogP contribution is 2.39. The summed E-state index contributed by atoms with van der Waals surface area (Å²) in [6.45, 7) is -0.208. The van der Waals surface area contributed by atoms with Crippen molar-refractivity contribution in [2.75, 3.05) is 23.7 Å². The van der Waals surface area contributed by atoms with Crippen molar-refractivity contribution in [1.29, 1.82) is 0 Å². The first kappa shape index (κ1) is 41.1. The maximum absolute atomic E-state index is 14.1. The van der Waals surface area contributed by atoms with Gasteiger partial charge in [-0.1, -0.05) is 35.4 Å². The first-order chi connectivity index (χ1) is 27.4. The Morgan fingerprint density at radius 3 is 2.16 bits per heavy atom. The molecule has 3 aromatic carbocycles. The Bertz CT molecular complexity index is 2280. The molecule has 0 aliphatic heterocycles. The zero-order valence-corrected chi connectivity index (χ0v) is 32.9. The summed E-state index contributed by atoms with van der Waals surface area (Å²) >= 11 is 1.35. The number of carboxylic acid groups (broad SMARTS) is 2. The lowest BCUT2D eigenvalue weighted by atomic mass is 9.86. The summed E-state index contributed by atoms with van der Waals surface area (Å²) in [5.74, 6) is -3.35. The quantitative estimate of drug-likeness (QED) is 0.0493.